The number of carbonyl (C=O) groups is 1. The summed E-state index contributed by atoms with van der Waals surface area (Å²) in [5, 5.41) is 5.02. The first-order valence-electron chi connectivity index (χ1n) is 9.93. The highest BCUT2D eigenvalue weighted by molar-refractivity contribution is 7.92. The van der Waals surface area contributed by atoms with Crippen LogP contribution < -0.4 is 19.1 Å². The van der Waals surface area contributed by atoms with Crippen LogP contribution in [0.5, 0.6) is 11.5 Å². The number of anilines is 1. The molecule has 1 N–H and O–H groups in total. The molecule has 9 heteroatoms. The molecule has 1 atom stereocenters. The number of fused-ring (bicyclic) bond motifs is 1. The second kappa shape index (κ2) is 10.1. The molecule has 0 radical (unpaired) electrons. The number of carbonyl (C=O) groups excluding carboxylic acids is 1. The topological polar surface area (TPSA) is 84.9 Å². The number of amides is 1. The maximum atomic E-state index is 12.7. The Balaban J connectivity index is 1.65. The Kier molecular flexibility index (Phi) is 7.48. The molecule has 3 aromatic rings. The molecule has 1 amide bonds. The van der Waals surface area contributed by atoms with Gasteiger partial charge in [-0.15, -0.1) is 0 Å². The zero-order valence-electron chi connectivity index (χ0n) is 18.0. The van der Waals surface area contributed by atoms with Gasteiger partial charge in [-0.2, -0.15) is 0 Å². The van der Waals surface area contributed by atoms with E-state index in [1.54, 1.807) is 12.1 Å². The van der Waals surface area contributed by atoms with E-state index in [1.165, 1.54) is 20.1 Å². The first-order chi connectivity index (χ1) is 15.2. The molecule has 0 fully saturated rings. The highest BCUT2D eigenvalue weighted by atomic mass is 35.5. The first kappa shape index (κ1) is 23.7. The number of benzene rings is 3. The average Bonchev–Trinajstić information content (AvgIpc) is 2.76. The number of nitrogens with one attached hydrogen (secondary N) is 1. The van der Waals surface area contributed by atoms with Gasteiger partial charge < -0.3 is 14.8 Å². The van der Waals surface area contributed by atoms with Gasteiger partial charge in [0, 0.05) is 5.39 Å². The van der Waals surface area contributed by atoms with Crippen molar-refractivity contribution in [3.05, 3.63) is 65.7 Å². The van der Waals surface area contributed by atoms with Gasteiger partial charge in [0.1, 0.15) is 24.1 Å². The number of methoxy groups -OCH3 is 1. The van der Waals surface area contributed by atoms with Gasteiger partial charge in [0.05, 0.1) is 30.6 Å². The van der Waals surface area contributed by atoms with E-state index < -0.39 is 22.0 Å². The molecule has 0 saturated carbocycles. The molecule has 0 aliphatic rings. The summed E-state index contributed by atoms with van der Waals surface area (Å²) in [5.41, 5.74) is 0.271. The summed E-state index contributed by atoms with van der Waals surface area (Å²) >= 11 is 6.15. The Hall–Kier alpha value is -2.97. The van der Waals surface area contributed by atoms with Crippen LogP contribution in [0.1, 0.15) is 6.92 Å². The Bertz CT molecular complexity index is 1210. The van der Waals surface area contributed by atoms with Crippen molar-refractivity contribution in [3.8, 4) is 11.5 Å². The first-order valence-corrected chi connectivity index (χ1v) is 12.2. The van der Waals surface area contributed by atoms with Gasteiger partial charge in [0.2, 0.25) is 15.9 Å². The van der Waals surface area contributed by atoms with E-state index in [9.17, 15) is 13.2 Å². The number of rotatable bonds is 9. The van der Waals surface area contributed by atoms with Gasteiger partial charge in [-0.25, -0.2) is 8.42 Å². The average molecular weight is 477 g/mol. The maximum absolute atomic E-state index is 12.7. The van der Waals surface area contributed by atoms with Crippen molar-refractivity contribution >= 4 is 44.0 Å². The molecule has 0 aliphatic carbocycles. The number of ether oxygens (including phenoxy) is 2. The quantitative estimate of drug-likeness (QED) is 0.474. The molecule has 0 aliphatic heterocycles. The SMILES string of the molecule is COc1ccc(N([C@@H](C)C(=O)NCCOc2cccc3ccccc23)S(C)(=O)=O)cc1Cl. The van der Waals surface area contributed by atoms with Gasteiger partial charge in [-0.3, -0.25) is 9.10 Å². The molecular weight excluding hydrogens is 452 g/mol. The predicted molar refractivity (Wildman–Crippen MR) is 127 cm³/mol. The summed E-state index contributed by atoms with van der Waals surface area (Å²) in [6, 6.07) is 17.2. The van der Waals surface area contributed by atoms with Crippen molar-refractivity contribution in [2.45, 2.75) is 13.0 Å². The minimum absolute atomic E-state index is 0.216. The normalized spacial score (nSPS) is 12.2. The number of sulfonamides is 1. The van der Waals surface area contributed by atoms with E-state index in [0.717, 1.165) is 27.1 Å². The Labute approximate surface area is 192 Å². The van der Waals surface area contributed by atoms with Crippen molar-refractivity contribution in [3.63, 3.8) is 0 Å². The van der Waals surface area contributed by atoms with Crippen LogP contribution in [0.15, 0.2) is 60.7 Å². The molecular formula is C23H25ClN2O5S. The molecule has 0 bridgehead atoms. The monoisotopic (exact) mass is 476 g/mol. The number of hydrogen-bond donors (Lipinski definition) is 1. The second-order valence-electron chi connectivity index (χ2n) is 7.17. The molecule has 0 heterocycles. The van der Waals surface area contributed by atoms with E-state index in [2.05, 4.69) is 5.32 Å². The molecule has 0 unspecified atom stereocenters. The van der Waals surface area contributed by atoms with Crippen molar-refractivity contribution < 1.29 is 22.7 Å². The molecule has 0 aromatic heterocycles. The molecule has 0 saturated heterocycles. The Morgan fingerprint density at radius 1 is 1.09 bits per heavy atom. The van der Waals surface area contributed by atoms with E-state index in [1.807, 2.05) is 42.5 Å². The van der Waals surface area contributed by atoms with Gasteiger partial charge >= 0.3 is 0 Å². The third kappa shape index (κ3) is 5.44. The molecule has 170 valence electrons. The van der Waals surface area contributed by atoms with E-state index in [4.69, 9.17) is 21.1 Å². The lowest BCUT2D eigenvalue weighted by molar-refractivity contribution is -0.121. The third-order valence-corrected chi connectivity index (χ3v) is 6.42. The van der Waals surface area contributed by atoms with E-state index >= 15 is 0 Å². The highest BCUT2D eigenvalue weighted by Crippen LogP contribution is 2.31. The number of halogens is 1. The summed E-state index contributed by atoms with van der Waals surface area (Å²) in [4.78, 5) is 12.7. The zero-order chi connectivity index (χ0) is 23.3. The minimum atomic E-state index is -3.75. The number of hydrogen-bond acceptors (Lipinski definition) is 5. The summed E-state index contributed by atoms with van der Waals surface area (Å²) in [6.07, 6.45) is 1.04. The summed E-state index contributed by atoms with van der Waals surface area (Å²) in [6.45, 7) is 1.97. The van der Waals surface area contributed by atoms with Crippen LogP contribution >= 0.6 is 11.6 Å². The summed E-state index contributed by atoms with van der Waals surface area (Å²) in [5.74, 6) is 0.673. The summed E-state index contributed by atoms with van der Waals surface area (Å²) in [7, 11) is -2.29. The van der Waals surface area contributed by atoms with Crippen molar-refractivity contribution in [2.75, 3.05) is 30.8 Å². The lowest BCUT2D eigenvalue weighted by atomic mass is 10.1. The standard InChI is InChI=1S/C23H25ClN2O5S/c1-16(26(32(3,28)29)18-11-12-22(30-2)20(24)15-18)23(27)25-13-14-31-21-10-6-8-17-7-4-5-9-19(17)21/h4-12,15-16H,13-14H2,1-3H3,(H,25,27)/t16-/m0/s1. The Morgan fingerprint density at radius 3 is 2.50 bits per heavy atom. The van der Waals surface area contributed by atoms with Gasteiger partial charge in [-0.1, -0.05) is 48.0 Å². The number of nitrogens with zero attached hydrogens (tertiary/aromatic N) is 1. The predicted octanol–water partition coefficient (Wildman–Crippen LogP) is 3.85. The van der Waals surface area contributed by atoms with Crippen molar-refractivity contribution in [1.29, 1.82) is 0 Å². The maximum Gasteiger partial charge on any atom is 0.243 e. The van der Waals surface area contributed by atoms with Crippen LogP contribution in [0.4, 0.5) is 5.69 Å². The van der Waals surface area contributed by atoms with Gasteiger partial charge in [0.25, 0.3) is 0 Å². The van der Waals surface area contributed by atoms with Gasteiger partial charge in [-0.05, 0) is 36.6 Å². The smallest absolute Gasteiger partial charge is 0.243 e. The largest absolute Gasteiger partial charge is 0.495 e. The summed E-state index contributed by atoms with van der Waals surface area (Å²) < 4.78 is 36.8. The van der Waals surface area contributed by atoms with Crippen LogP contribution in [-0.4, -0.2) is 46.9 Å². The van der Waals surface area contributed by atoms with Crippen LogP contribution in [0.3, 0.4) is 0 Å². The fraction of sp³-hybridized carbons (Fsp3) is 0.261. The lowest BCUT2D eigenvalue weighted by Gasteiger charge is -2.28. The Morgan fingerprint density at radius 2 is 1.81 bits per heavy atom. The lowest BCUT2D eigenvalue weighted by Crippen LogP contribution is -2.48. The molecule has 3 aromatic carbocycles. The van der Waals surface area contributed by atoms with Crippen molar-refractivity contribution in [2.24, 2.45) is 0 Å². The van der Waals surface area contributed by atoms with E-state index in [0.29, 0.717) is 5.75 Å². The molecule has 3 rings (SSSR count). The molecule has 32 heavy (non-hydrogen) atoms. The molecule has 0 spiro atoms. The van der Waals surface area contributed by atoms with Crippen molar-refractivity contribution in [1.82, 2.24) is 5.32 Å². The fourth-order valence-electron chi connectivity index (χ4n) is 3.41. The minimum Gasteiger partial charge on any atom is -0.495 e. The van der Waals surface area contributed by atoms with Crippen LogP contribution in [0.25, 0.3) is 10.8 Å². The second-order valence-corrected chi connectivity index (χ2v) is 9.44. The van der Waals surface area contributed by atoms with Crippen LogP contribution in [0.2, 0.25) is 5.02 Å². The van der Waals surface area contributed by atoms with Crippen LogP contribution in [-0.2, 0) is 14.8 Å². The van der Waals surface area contributed by atoms with Crippen LogP contribution in [0, 0.1) is 0 Å². The van der Waals surface area contributed by atoms with E-state index in [-0.39, 0.29) is 23.9 Å². The van der Waals surface area contributed by atoms with Gasteiger partial charge in [0.15, 0.2) is 0 Å². The zero-order valence-corrected chi connectivity index (χ0v) is 19.6. The highest BCUT2D eigenvalue weighted by Gasteiger charge is 2.29. The third-order valence-electron chi connectivity index (χ3n) is 4.89. The molecule has 7 nitrogen and oxygen atoms in total. The fourth-order valence-corrected chi connectivity index (χ4v) is 4.82.